The van der Waals surface area contributed by atoms with Crippen molar-refractivity contribution in [3.63, 3.8) is 0 Å². The lowest BCUT2D eigenvalue weighted by Crippen LogP contribution is -1.97. The number of hydrazone groups is 1. The van der Waals surface area contributed by atoms with Crippen molar-refractivity contribution in [1.29, 1.82) is 0 Å². The normalized spacial score (nSPS) is 11.2. The Balaban J connectivity index is 1.73. The zero-order chi connectivity index (χ0) is 16.1. The van der Waals surface area contributed by atoms with Crippen LogP contribution in [-0.2, 0) is 0 Å². The summed E-state index contributed by atoms with van der Waals surface area (Å²) in [5.41, 5.74) is 6.09. The Labute approximate surface area is 139 Å². The van der Waals surface area contributed by atoms with Gasteiger partial charge < -0.3 is 4.74 Å². The van der Waals surface area contributed by atoms with Crippen molar-refractivity contribution in [2.75, 3.05) is 12.0 Å². The molecule has 0 aliphatic rings. The molecule has 0 radical (unpaired) electrons. The van der Waals surface area contributed by atoms with Crippen LogP contribution in [0, 0.1) is 6.92 Å². The largest absolute Gasteiger partial charge is 0.494 e. The summed E-state index contributed by atoms with van der Waals surface area (Å²) < 4.78 is 6.64. The number of nitrogens with zero attached hydrogens (tertiary/aromatic N) is 3. The van der Waals surface area contributed by atoms with Crippen LogP contribution < -0.4 is 10.2 Å². The molecule has 1 aromatic carbocycles. The first-order chi connectivity index (χ1) is 11.3. The molecule has 0 aliphatic heterocycles. The molecule has 2 heterocycles. The molecule has 3 aromatic rings. The van der Waals surface area contributed by atoms with E-state index in [2.05, 4.69) is 32.8 Å². The van der Waals surface area contributed by atoms with Gasteiger partial charge in [0.1, 0.15) is 12.1 Å². The minimum atomic E-state index is 0.718. The van der Waals surface area contributed by atoms with Crippen LogP contribution in [0.5, 0.6) is 5.75 Å². The summed E-state index contributed by atoms with van der Waals surface area (Å²) in [5, 5.41) is 6.35. The first kappa shape index (κ1) is 15.4. The van der Waals surface area contributed by atoms with Crippen LogP contribution in [0.15, 0.2) is 41.1 Å². The number of aryl methyl sites for hydroxylation is 1. The zero-order valence-corrected chi connectivity index (χ0v) is 13.9. The van der Waals surface area contributed by atoms with E-state index < -0.39 is 0 Å². The summed E-state index contributed by atoms with van der Waals surface area (Å²) >= 11 is 1.62. The number of anilines is 1. The Morgan fingerprint density at radius 2 is 2.26 bits per heavy atom. The minimum Gasteiger partial charge on any atom is -0.494 e. The number of benzene rings is 1. The molecule has 0 amide bonds. The lowest BCUT2D eigenvalue weighted by Gasteiger charge is -2.04. The third-order valence-electron chi connectivity index (χ3n) is 3.25. The molecule has 2 aromatic heterocycles. The molecule has 0 atom stereocenters. The van der Waals surface area contributed by atoms with Gasteiger partial charge in [-0.3, -0.25) is 5.43 Å². The standard InChI is InChI=1S/C17H18N4OS/c1-3-7-22-14-6-4-5-13(8-14)9-20-21-17-16-15(18-11-19-17)12(2)10-23-16/h4-6,8-11H,3,7H2,1-2H3,(H,18,19,21). The lowest BCUT2D eigenvalue weighted by atomic mass is 10.2. The minimum absolute atomic E-state index is 0.718. The van der Waals surface area contributed by atoms with Gasteiger partial charge in [-0.25, -0.2) is 9.97 Å². The lowest BCUT2D eigenvalue weighted by molar-refractivity contribution is 0.317. The fourth-order valence-electron chi connectivity index (χ4n) is 2.12. The maximum atomic E-state index is 5.62. The van der Waals surface area contributed by atoms with E-state index >= 15 is 0 Å². The Kier molecular flexibility index (Phi) is 4.83. The van der Waals surface area contributed by atoms with E-state index in [-0.39, 0.29) is 0 Å². The van der Waals surface area contributed by atoms with Crippen LogP contribution in [0.25, 0.3) is 10.2 Å². The summed E-state index contributed by atoms with van der Waals surface area (Å²) in [4.78, 5) is 8.56. The zero-order valence-electron chi connectivity index (χ0n) is 13.1. The van der Waals surface area contributed by atoms with Gasteiger partial charge in [-0.15, -0.1) is 11.3 Å². The van der Waals surface area contributed by atoms with Crippen LogP contribution in [0.4, 0.5) is 5.82 Å². The summed E-state index contributed by atoms with van der Waals surface area (Å²) in [7, 11) is 0. The molecule has 0 saturated heterocycles. The van der Waals surface area contributed by atoms with Gasteiger partial charge in [-0.1, -0.05) is 19.1 Å². The second-order valence-electron chi connectivity index (χ2n) is 5.11. The van der Waals surface area contributed by atoms with Crippen molar-refractivity contribution >= 4 is 33.6 Å². The summed E-state index contributed by atoms with van der Waals surface area (Å²) in [6.45, 7) is 4.85. The molecule has 0 saturated carbocycles. The van der Waals surface area contributed by atoms with Gasteiger partial charge >= 0.3 is 0 Å². The highest BCUT2D eigenvalue weighted by molar-refractivity contribution is 7.18. The van der Waals surface area contributed by atoms with Crippen molar-refractivity contribution < 1.29 is 4.74 Å². The molecule has 118 valence electrons. The van der Waals surface area contributed by atoms with E-state index in [4.69, 9.17) is 4.74 Å². The molecule has 5 nitrogen and oxygen atoms in total. The maximum Gasteiger partial charge on any atom is 0.167 e. The molecule has 0 spiro atoms. The van der Waals surface area contributed by atoms with Crippen LogP contribution in [0.3, 0.4) is 0 Å². The molecule has 23 heavy (non-hydrogen) atoms. The first-order valence-electron chi connectivity index (χ1n) is 7.48. The second-order valence-corrected chi connectivity index (χ2v) is 5.99. The fraction of sp³-hybridized carbons (Fsp3) is 0.235. The molecule has 3 rings (SSSR count). The Hall–Kier alpha value is -2.47. The van der Waals surface area contributed by atoms with Gasteiger partial charge in [-0.05, 0) is 42.0 Å². The topological polar surface area (TPSA) is 59.4 Å². The van der Waals surface area contributed by atoms with Crippen molar-refractivity contribution in [1.82, 2.24) is 9.97 Å². The SMILES string of the molecule is CCCOc1cccc(C=NNc2ncnc3c(C)csc23)c1. The first-order valence-corrected chi connectivity index (χ1v) is 8.36. The van der Waals surface area contributed by atoms with Gasteiger partial charge in [0.25, 0.3) is 0 Å². The van der Waals surface area contributed by atoms with Crippen LogP contribution in [-0.4, -0.2) is 22.8 Å². The van der Waals surface area contributed by atoms with E-state index in [0.29, 0.717) is 0 Å². The van der Waals surface area contributed by atoms with Crippen molar-refractivity contribution in [2.45, 2.75) is 20.3 Å². The molecule has 1 N–H and O–H groups in total. The second kappa shape index (κ2) is 7.19. The highest BCUT2D eigenvalue weighted by atomic mass is 32.1. The van der Waals surface area contributed by atoms with Crippen molar-refractivity contribution in [3.8, 4) is 5.75 Å². The Morgan fingerprint density at radius 3 is 3.13 bits per heavy atom. The predicted molar refractivity (Wildman–Crippen MR) is 95.6 cm³/mol. The number of aromatic nitrogens is 2. The van der Waals surface area contributed by atoms with Crippen LogP contribution >= 0.6 is 11.3 Å². The van der Waals surface area contributed by atoms with E-state index in [9.17, 15) is 0 Å². The summed E-state index contributed by atoms with van der Waals surface area (Å²) in [6, 6.07) is 7.85. The highest BCUT2D eigenvalue weighted by Gasteiger charge is 2.06. The molecule has 6 heteroatoms. The van der Waals surface area contributed by atoms with E-state index in [1.54, 1.807) is 23.9 Å². The monoisotopic (exact) mass is 326 g/mol. The van der Waals surface area contributed by atoms with Crippen LogP contribution in [0.1, 0.15) is 24.5 Å². The van der Waals surface area contributed by atoms with Gasteiger partial charge in [0.2, 0.25) is 0 Å². The molecule has 0 bridgehead atoms. The summed E-state index contributed by atoms with van der Waals surface area (Å²) in [5.74, 6) is 1.58. The van der Waals surface area contributed by atoms with Gasteiger partial charge in [0.15, 0.2) is 5.82 Å². The predicted octanol–water partition coefficient (Wildman–Crippen LogP) is 4.23. The quantitative estimate of drug-likeness (QED) is 0.544. The number of thiophene rings is 1. The average Bonchev–Trinajstić information content (AvgIpc) is 2.96. The van der Waals surface area contributed by atoms with Gasteiger partial charge in [0, 0.05) is 0 Å². The van der Waals surface area contributed by atoms with E-state index in [1.807, 2.05) is 31.2 Å². The third-order valence-corrected chi connectivity index (χ3v) is 4.34. The average molecular weight is 326 g/mol. The van der Waals surface area contributed by atoms with Crippen molar-refractivity contribution in [2.24, 2.45) is 5.10 Å². The molecule has 0 unspecified atom stereocenters. The number of nitrogens with one attached hydrogen (secondary N) is 1. The number of rotatable bonds is 6. The molecular formula is C17H18N4OS. The number of ether oxygens (including phenoxy) is 1. The molecule has 0 aliphatic carbocycles. The van der Waals surface area contributed by atoms with E-state index in [1.165, 1.54) is 0 Å². The summed E-state index contributed by atoms with van der Waals surface area (Å²) in [6.07, 6.45) is 4.30. The number of hydrogen-bond acceptors (Lipinski definition) is 6. The van der Waals surface area contributed by atoms with Crippen molar-refractivity contribution in [3.05, 3.63) is 47.1 Å². The maximum absolute atomic E-state index is 5.62. The molecular weight excluding hydrogens is 308 g/mol. The van der Waals surface area contributed by atoms with Gasteiger partial charge in [-0.2, -0.15) is 5.10 Å². The Bertz CT molecular complexity index is 828. The Morgan fingerprint density at radius 1 is 1.35 bits per heavy atom. The molecule has 0 fully saturated rings. The number of fused-ring (bicyclic) bond motifs is 1. The highest BCUT2D eigenvalue weighted by Crippen LogP contribution is 2.28. The van der Waals surface area contributed by atoms with Crippen LogP contribution in [0.2, 0.25) is 0 Å². The third kappa shape index (κ3) is 3.65. The number of hydrogen-bond donors (Lipinski definition) is 1. The smallest absolute Gasteiger partial charge is 0.167 e. The fourth-order valence-corrected chi connectivity index (χ4v) is 3.06. The van der Waals surface area contributed by atoms with Gasteiger partial charge in [0.05, 0.1) is 23.0 Å². The van der Waals surface area contributed by atoms with E-state index in [0.717, 1.165) is 45.9 Å².